The minimum atomic E-state index is -0.864. The van der Waals surface area contributed by atoms with Crippen LogP contribution in [0.4, 0.5) is 8.78 Å². The smallest absolute Gasteiger partial charge is 0.223 e. The van der Waals surface area contributed by atoms with Gasteiger partial charge in [0.05, 0.1) is 12.7 Å². The Labute approximate surface area is 136 Å². The molecule has 0 aliphatic carbocycles. The molecular formula is C18H25F2NO2. The molecule has 1 amide bonds. The Morgan fingerprint density at radius 1 is 1.30 bits per heavy atom. The fourth-order valence-corrected chi connectivity index (χ4v) is 2.71. The summed E-state index contributed by atoms with van der Waals surface area (Å²) in [5, 5.41) is 0. The minimum absolute atomic E-state index is 0.0312. The number of hydrogen-bond donors (Lipinski definition) is 0. The third-order valence-electron chi connectivity index (χ3n) is 3.88. The van der Waals surface area contributed by atoms with Crippen molar-refractivity contribution in [2.45, 2.75) is 52.7 Å². The maximum Gasteiger partial charge on any atom is 0.223 e. The van der Waals surface area contributed by atoms with Crippen LogP contribution in [0.25, 0.3) is 0 Å². The van der Waals surface area contributed by atoms with Crippen LogP contribution in [-0.4, -0.2) is 30.0 Å². The lowest BCUT2D eigenvalue weighted by Crippen LogP contribution is -2.44. The molecule has 0 spiro atoms. The van der Waals surface area contributed by atoms with Gasteiger partial charge >= 0.3 is 0 Å². The number of ether oxygens (including phenoxy) is 1. The van der Waals surface area contributed by atoms with Crippen molar-refractivity contribution in [3.05, 3.63) is 35.4 Å². The van der Waals surface area contributed by atoms with E-state index in [1.54, 1.807) is 0 Å². The van der Waals surface area contributed by atoms with Gasteiger partial charge in [0.1, 0.15) is 0 Å². The van der Waals surface area contributed by atoms with Gasteiger partial charge in [-0.3, -0.25) is 4.79 Å². The number of likely N-dealkylation sites (tertiary alicyclic amines) is 1. The number of carbonyl (C=O) groups is 1. The fraction of sp³-hybridized carbons (Fsp3) is 0.611. The SMILES string of the molecule is CC(C)(C)CC(=O)N1CCC[C@H](OCc2ccc(F)c(F)c2)C1. The maximum absolute atomic E-state index is 13.2. The first kappa shape index (κ1) is 17.9. The van der Waals surface area contributed by atoms with Crippen LogP contribution in [0.3, 0.4) is 0 Å². The Morgan fingerprint density at radius 3 is 2.70 bits per heavy atom. The van der Waals surface area contributed by atoms with E-state index in [0.29, 0.717) is 18.5 Å². The number of benzene rings is 1. The van der Waals surface area contributed by atoms with Crippen LogP contribution >= 0.6 is 0 Å². The number of halogens is 2. The molecule has 0 N–H and O–H groups in total. The highest BCUT2D eigenvalue weighted by molar-refractivity contribution is 5.76. The zero-order valence-corrected chi connectivity index (χ0v) is 14.1. The van der Waals surface area contributed by atoms with E-state index in [2.05, 4.69) is 0 Å². The zero-order chi connectivity index (χ0) is 17.0. The van der Waals surface area contributed by atoms with Crippen LogP contribution in [-0.2, 0) is 16.1 Å². The molecule has 2 rings (SSSR count). The summed E-state index contributed by atoms with van der Waals surface area (Å²) in [5.41, 5.74) is 0.568. The van der Waals surface area contributed by atoms with E-state index in [4.69, 9.17) is 4.74 Å². The normalized spacial score (nSPS) is 19.0. The summed E-state index contributed by atoms with van der Waals surface area (Å²) in [6.45, 7) is 7.70. The van der Waals surface area contributed by atoms with Gasteiger partial charge < -0.3 is 9.64 Å². The lowest BCUT2D eigenvalue weighted by atomic mass is 9.91. The van der Waals surface area contributed by atoms with Crippen molar-refractivity contribution in [2.75, 3.05) is 13.1 Å². The maximum atomic E-state index is 13.2. The Bertz CT molecular complexity index is 554. The number of piperidine rings is 1. The Hall–Kier alpha value is -1.49. The number of carbonyl (C=O) groups excluding carboxylic acids is 1. The molecule has 1 aliphatic rings. The molecule has 1 fully saturated rings. The molecule has 0 bridgehead atoms. The molecule has 23 heavy (non-hydrogen) atoms. The molecule has 1 aromatic carbocycles. The summed E-state index contributed by atoms with van der Waals surface area (Å²) in [6.07, 6.45) is 2.24. The van der Waals surface area contributed by atoms with E-state index >= 15 is 0 Å². The first-order chi connectivity index (χ1) is 10.7. The number of hydrogen-bond acceptors (Lipinski definition) is 2. The lowest BCUT2D eigenvalue weighted by Gasteiger charge is -2.34. The highest BCUT2D eigenvalue weighted by atomic mass is 19.2. The Balaban J connectivity index is 1.86. The van der Waals surface area contributed by atoms with Crippen molar-refractivity contribution in [2.24, 2.45) is 5.41 Å². The van der Waals surface area contributed by atoms with Crippen molar-refractivity contribution in [1.29, 1.82) is 0 Å². The summed E-state index contributed by atoms with van der Waals surface area (Å²) in [6, 6.07) is 3.78. The summed E-state index contributed by atoms with van der Waals surface area (Å²) in [4.78, 5) is 14.1. The van der Waals surface area contributed by atoms with Crippen LogP contribution in [0.2, 0.25) is 0 Å². The van der Waals surface area contributed by atoms with Crippen LogP contribution in [0.1, 0.15) is 45.6 Å². The first-order valence-corrected chi connectivity index (χ1v) is 8.08. The molecule has 0 aromatic heterocycles. The monoisotopic (exact) mass is 325 g/mol. The molecular weight excluding hydrogens is 300 g/mol. The van der Waals surface area contributed by atoms with Gasteiger partial charge in [-0.15, -0.1) is 0 Å². The summed E-state index contributed by atoms with van der Waals surface area (Å²) in [7, 11) is 0. The zero-order valence-electron chi connectivity index (χ0n) is 14.1. The lowest BCUT2D eigenvalue weighted by molar-refractivity contribution is -0.137. The third-order valence-corrected chi connectivity index (χ3v) is 3.88. The molecule has 1 heterocycles. The molecule has 1 aliphatic heterocycles. The van der Waals surface area contributed by atoms with Gasteiger partial charge in [0.25, 0.3) is 0 Å². The van der Waals surface area contributed by atoms with Gasteiger partial charge in [0.2, 0.25) is 5.91 Å². The Kier molecular flexibility index (Phi) is 5.74. The Morgan fingerprint density at radius 2 is 2.04 bits per heavy atom. The quantitative estimate of drug-likeness (QED) is 0.840. The number of amides is 1. The molecule has 0 radical (unpaired) electrons. The van der Waals surface area contributed by atoms with Crippen molar-refractivity contribution in [1.82, 2.24) is 4.90 Å². The van der Waals surface area contributed by atoms with Gasteiger partial charge in [-0.2, -0.15) is 0 Å². The standard InChI is InChI=1S/C18H25F2NO2/c1-18(2,3)10-17(22)21-8-4-5-14(11-21)23-12-13-6-7-15(19)16(20)9-13/h6-7,9,14H,4-5,8,10-12H2,1-3H3/t14-/m0/s1. The summed E-state index contributed by atoms with van der Waals surface area (Å²) >= 11 is 0. The van der Waals surface area contributed by atoms with Crippen molar-refractivity contribution in [3.63, 3.8) is 0 Å². The fourth-order valence-electron chi connectivity index (χ4n) is 2.71. The topological polar surface area (TPSA) is 29.5 Å². The second-order valence-electron chi connectivity index (χ2n) is 7.40. The summed E-state index contributed by atoms with van der Waals surface area (Å²) < 4.78 is 31.9. The average molecular weight is 325 g/mol. The third kappa shape index (κ3) is 5.57. The molecule has 3 nitrogen and oxygen atoms in total. The largest absolute Gasteiger partial charge is 0.372 e. The minimum Gasteiger partial charge on any atom is -0.372 e. The van der Waals surface area contributed by atoms with E-state index in [0.717, 1.165) is 31.5 Å². The summed E-state index contributed by atoms with van der Waals surface area (Å²) in [5.74, 6) is -1.57. The highest BCUT2D eigenvalue weighted by Crippen LogP contribution is 2.22. The predicted molar refractivity (Wildman–Crippen MR) is 84.8 cm³/mol. The van der Waals surface area contributed by atoms with Gasteiger partial charge in [-0.1, -0.05) is 26.8 Å². The van der Waals surface area contributed by atoms with Crippen molar-refractivity contribution < 1.29 is 18.3 Å². The molecule has 1 aromatic rings. The molecule has 1 atom stereocenters. The molecule has 5 heteroatoms. The molecule has 0 saturated carbocycles. The second kappa shape index (κ2) is 7.39. The van der Waals surface area contributed by atoms with E-state index < -0.39 is 11.6 Å². The van der Waals surface area contributed by atoms with Crippen LogP contribution in [0.15, 0.2) is 18.2 Å². The van der Waals surface area contributed by atoms with E-state index in [1.807, 2.05) is 25.7 Å². The van der Waals surface area contributed by atoms with Gasteiger partial charge in [-0.05, 0) is 36.0 Å². The van der Waals surface area contributed by atoms with Gasteiger partial charge in [0, 0.05) is 19.5 Å². The van der Waals surface area contributed by atoms with E-state index in [-0.39, 0.29) is 24.0 Å². The number of rotatable bonds is 4. The molecule has 0 unspecified atom stereocenters. The van der Waals surface area contributed by atoms with Crippen LogP contribution < -0.4 is 0 Å². The first-order valence-electron chi connectivity index (χ1n) is 8.08. The van der Waals surface area contributed by atoms with Crippen molar-refractivity contribution in [3.8, 4) is 0 Å². The van der Waals surface area contributed by atoms with Crippen molar-refractivity contribution >= 4 is 5.91 Å². The average Bonchev–Trinajstić information content (AvgIpc) is 2.47. The van der Waals surface area contributed by atoms with E-state index in [9.17, 15) is 13.6 Å². The number of nitrogens with zero attached hydrogens (tertiary/aromatic N) is 1. The second-order valence-corrected chi connectivity index (χ2v) is 7.40. The molecule has 1 saturated heterocycles. The van der Waals surface area contributed by atoms with Gasteiger partial charge in [0.15, 0.2) is 11.6 Å². The van der Waals surface area contributed by atoms with Gasteiger partial charge in [-0.25, -0.2) is 8.78 Å². The molecule has 128 valence electrons. The highest BCUT2D eigenvalue weighted by Gasteiger charge is 2.26. The van der Waals surface area contributed by atoms with E-state index in [1.165, 1.54) is 6.07 Å². The van der Waals surface area contributed by atoms with Crippen LogP contribution in [0.5, 0.6) is 0 Å². The predicted octanol–water partition coefficient (Wildman–Crippen LogP) is 3.91. The van der Waals surface area contributed by atoms with Crippen LogP contribution in [0, 0.1) is 17.0 Å².